The van der Waals surface area contributed by atoms with Gasteiger partial charge in [0, 0.05) is 12.4 Å². The molecule has 1 unspecified atom stereocenters. The van der Waals surface area contributed by atoms with Gasteiger partial charge in [-0.2, -0.15) is 15.0 Å². The average molecular weight is 263 g/mol. The quantitative estimate of drug-likeness (QED) is 0.589. The molecule has 0 saturated heterocycles. The van der Waals surface area contributed by atoms with Crippen LogP contribution in [0.15, 0.2) is 18.7 Å². The van der Waals surface area contributed by atoms with Gasteiger partial charge in [0.1, 0.15) is 6.33 Å². The van der Waals surface area contributed by atoms with Crippen LogP contribution in [0.1, 0.15) is 26.7 Å². The number of rotatable bonds is 6. The molecule has 0 aromatic carbocycles. The Morgan fingerprint density at radius 1 is 1.42 bits per heavy atom. The molecule has 0 bridgehead atoms. The summed E-state index contributed by atoms with van der Waals surface area (Å²) < 4.78 is 7.30. The minimum atomic E-state index is 0.0358. The van der Waals surface area contributed by atoms with Crippen molar-refractivity contribution in [1.29, 1.82) is 0 Å². The summed E-state index contributed by atoms with van der Waals surface area (Å²) in [4.78, 5) is 16.4. The lowest BCUT2D eigenvalue weighted by Crippen LogP contribution is -2.17. The number of aromatic nitrogens is 5. The van der Waals surface area contributed by atoms with E-state index in [1.807, 2.05) is 6.92 Å². The van der Waals surface area contributed by atoms with E-state index >= 15 is 0 Å². The van der Waals surface area contributed by atoms with Gasteiger partial charge in [-0.3, -0.25) is 9.99 Å². The number of ether oxygens (including phenoxy) is 1. The van der Waals surface area contributed by atoms with Crippen LogP contribution in [0.2, 0.25) is 0 Å². The Kier molecular flexibility index (Phi) is 4.24. The maximum Gasteiger partial charge on any atom is 0.323 e. The predicted molar refractivity (Wildman–Crippen MR) is 69.8 cm³/mol. The normalized spacial score (nSPS) is 12.2. The third-order valence-electron chi connectivity index (χ3n) is 2.47. The molecular weight excluding hydrogens is 246 g/mol. The summed E-state index contributed by atoms with van der Waals surface area (Å²) in [6.07, 6.45) is 6.96. The third-order valence-corrected chi connectivity index (χ3v) is 2.47. The maximum atomic E-state index is 5.64. The van der Waals surface area contributed by atoms with E-state index in [4.69, 9.17) is 10.6 Å². The fourth-order valence-corrected chi connectivity index (χ4v) is 1.60. The Bertz CT molecular complexity index is 514. The summed E-state index contributed by atoms with van der Waals surface area (Å²) >= 11 is 0. The van der Waals surface area contributed by atoms with Gasteiger partial charge in [-0.05, 0) is 13.3 Å². The van der Waals surface area contributed by atoms with Crippen LogP contribution in [-0.4, -0.2) is 30.6 Å². The van der Waals surface area contributed by atoms with E-state index in [-0.39, 0.29) is 18.1 Å². The molecule has 0 aliphatic heterocycles. The zero-order valence-corrected chi connectivity index (χ0v) is 10.9. The largest absolute Gasteiger partial charge is 0.460 e. The van der Waals surface area contributed by atoms with Crippen molar-refractivity contribution < 1.29 is 4.74 Å². The second-order valence-corrected chi connectivity index (χ2v) is 4.07. The van der Waals surface area contributed by atoms with Gasteiger partial charge in [0.25, 0.3) is 0 Å². The minimum absolute atomic E-state index is 0.0358. The summed E-state index contributed by atoms with van der Waals surface area (Å²) in [5.41, 5.74) is 2.40. The minimum Gasteiger partial charge on any atom is -0.460 e. The van der Waals surface area contributed by atoms with Crippen molar-refractivity contribution in [2.45, 2.75) is 32.8 Å². The Morgan fingerprint density at radius 2 is 2.26 bits per heavy atom. The average Bonchev–Trinajstić information content (AvgIpc) is 2.92. The Labute approximate surface area is 111 Å². The molecule has 1 atom stereocenters. The molecule has 0 radical (unpaired) electrons. The molecule has 2 aromatic rings. The van der Waals surface area contributed by atoms with E-state index in [2.05, 4.69) is 32.3 Å². The number of anilines is 1. The summed E-state index contributed by atoms with van der Waals surface area (Å²) in [5.74, 6) is 6.00. The van der Waals surface area contributed by atoms with Crippen molar-refractivity contribution in [3.8, 4) is 12.0 Å². The molecule has 2 aromatic heterocycles. The standard InChI is InChI=1S/C11H17N7O/c1-3-4-8(2)19-11-15-9(17-12)14-10(16-11)18-6-5-13-7-18/h5-8H,3-4,12H2,1-2H3,(H,14,15,16,17). The smallest absolute Gasteiger partial charge is 0.323 e. The van der Waals surface area contributed by atoms with Crippen LogP contribution in [0, 0.1) is 0 Å². The number of nitrogens with one attached hydrogen (secondary N) is 1. The van der Waals surface area contributed by atoms with E-state index in [9.17, 15) is 0 Å². The maximum absolute atomic E-state index is 5.64. The van der Waals surface area contributed by atoms with Crippen molar-refractivity contribution in [3.05, 3.63) is 18.7 Å². The van der Waals surface area contributed by atoms with Crippen LogP contribution >= 0.6 is 0 Å². The Balaban J connectivity index is 2.26. The first kappa shape index (κ1) is 13.2. The van der Waals surface area contributed by atoms with Crippen LogP contribution < -0.4 is 16.0 Å². The highest BCUT2D eigenvalue weighted by atomic mass is 16.5. The molecule has 2 rings (SSSR count). The summed E-state index contributed by atoms with van der Waals surface area (Å²) in [5, 5.41) is 0. The lowest BCUT2D eigenvalue weighted by atomic mass is 10.2. The highest BCUT2D eigenvalue weighted by Crippen LogP contribution is 2.13. The highest BCUT2D eigenvalue weighted by molar-refractivity contribution is 5.28. The molecule has 8 nitrogen and oxygen atoms in total. The highest BCUT2D eigenvalue weighted by Gasteiger charge is 2.11. The van der Waals surface area contributed by atoms with Crippen molar-refractivity contribution >= 4 is 5.95 Å². The molecule has 0 spiro atoms. The first-order valence-corrected chi connectivity index (χ1v) is 6.10. The topological polar surface area (TPSA) is 104 Å². The van der Waals surface area contributed by atoms with Crippen molar-refractivity contribution in [1.82, 2.24) is 24.5 Å². The number of nitrogen functional groups attached to an aromatic ring is 1. The first-order valence-electron chi connectivity index (χ1n) is 6.10. The number of nitrogens with two attached hydrogens (primary N) is 1. The molecule has 2 heterocycles. The van der Waals surface area contributed by atoms with Crippen LogP contribution in [-0.2, 0) is 0 Å². The van der Waals surface area contributed by atoms with E-state index < -0.39 is 0 Å². The van der Waals surface area contributed by atoms with Gasteiger partial charge < -0.3 is 4.74 Å². The number of hydrogen-bond donors (Lipinski definition) is 2. The molecule has 0 aliphatic rings. The summed E-state index contributed by atoms with van der Waals surface area (Å²) in [7, 11) is 0. The first-order chi connectivity index (χ1) is 9.22. The Morgan fingerprint density at radius 3 is 2.89 bits per heavy atom. The fraction of sp³-hybridized carbons (Fsp3) is 0.455. The van der Waals surface area contributed by atoms with Gasteiger partial charge in [0.05, 0.1) is 6.10 Å². The number of hydrazine groups is 1. The molecule has 3 N–H and O–H groups in total. The molecule has 0 amide bonds. The van der Waals surface area contributed by atoms with E-state index in [1.54, 1.807) is 23.3 Å². The number of nitrogens with zero attached hydrogens (tertiary/aromatic N) is 5. The Hall–Kier alpha value is -2.22. The lowest BCUT2D eigenvalue weighted by molar-refractivity contribution is 0.192. The molecule has 0 fully saturated rings. The van der Waals surface area contributed by atoms with E-state index in [0.29, 0.717) is 5.95 Å². The van der Waals surface area contributed by atoms with Crippen molar-refractivity contribution in [3.63, 3.8) is 0 Å². The van der Waals surface area contributed by atoms with Gasteiger partial charge >= 0.3 is 6.01 Å². The van der Waals surface area contributed by atoms with Gasteiger partial charge in [-0.1, -0.05) is 13.3 Å². The van der Waals surface area contributed by atoms with Gasteiger partial charge in [-0.15, -0.1) is 0 Å². The molecule has 0 saturated carbocycles. The zero-order chi connectivity index (χ0) is 13.7. The molecule has 0 aliphatic carbocycles. The second-order valence-electron chi connectivity index (χ2n) is 4.07. The van der Waals surface area contributed by atoms with Crippen LogP contribution in [0.25, 0.3) is 5.95 Å². The number of imidazole rings is 1. The van der Waals surface area contributed by atoms with E-state index in [1.165, 1.54) is 0 Å². The fourth-order valence-electron chi connectivity index (χ4n) is 1.60. The van der Waals surface area contributed by atoms with E-state index in [0.717, 1.165) is 12.8 Å². The molecule has 8 heteroatoms. The van der Waals surface area contributed by atoms with Crippen molar-refractivity contribution in [2.24, 2.45) is 5.84 Å². The molecule has 102 valence electrons. The van der Waals surface area contributed by atoms with Gasteiger partial charge in [-0.25, -0.2) is 10.8 Å². The zero-order valence-electron chi connectivity index (χ0n) is 10.9. The lowest BCUT2D eigenvalue weighted by Gasteiger charge is -2.13. The van der Waals surface area contributed by atoms with Crippen LogP contribution in [0.3, 0.4) is 0 Å². The van der Waals surface area contributed by atoms with Crippen LogP contribution in [0.5, 0.6) is 6.01 Å². The SMILES string of the molecule is CCCC(C)Oc1nc(NN)nc(-n2ccnc2)n1. The van der Waals surface area contributed by atoms with Crippen LogP contribution in [0.4, 0.5) is 5.95 Å². The van der Waals surface area contributed by atoms with Gasteiger partial charge in [0.15, 0.2) is 0 Å². The molecular formula is C11H17N7O. The van der Waals surface area contributed by atoms with Gasteiger partial charge in [0.2, 0.25) is 11.9 Å². The van der Waals surface area contributed by atoms with Crippen molar-refractivity contribution in [2.75, 3.05) is 5.43 Å². The number of hydrogen-bond acceptors (Lipinski definition) is 7. The predicted octanol–water partition coefficient (Wildman–Crippen LogP) is 0.910. The third kappa shape index (κ3) is 3.38. The summed E-state index contributed by atoms with van der Waals surface area (Å²) in [6, 6.07) is 0.243. The molecule has 19 heavy (non-hydrogen) atoms. The summed E-state index contributed by atoms with van der Waals surface area (Å²) in [6.45, 7) is 4.07. The monoisotopic (exact) mass is 263 g/mol. The second kappa shape index (κ2) is 6.10.